The van der Waals surface area contributed by atoms with Gasteiger partial charge in [-0.05, 0) is 55.5 Å². The summed E-state index contributed by atoms with van der Waals surface area (Å²) in [5.41, 5.74) is 3.86. The van der Waals surface area contributed by atoms with Crippen LogP contribution in [-0.4, -0.2) is 12.1 Å². The van der Waals surface area contributed by atoms with Gasteiger partial charge in [-0.25, -0.2) is 0 Å². The summed E-state index contributed by atoms with van der Waals surface area (Å²) in [4.78, 5) is 4.59. The molecule has 1 aromatic heterocycles. The Morgan fingerprint density at radius 2 is 2.19 bits per heavy atom. The molecule has 3 rings (SSSR count). The Bertz CT molecular complexity index is 612. The van der Waals surface area contributed by atoms with Gasteiger partial charge in [-0.3, -0.25) is 4.98 Å². The normalized spacial score (nSPS) is 18.9. The molecular weight excluding hydrogens is 260 g/mol. The van der Waals surface area contributed by atoms with E-state index in [4.69, 9.17) is 4.74 Å². The van der Waals surface area contributed by atoms with Crippen molar-refractivity contribution in [3.8, 4) is 5.75 Å². The van der Waals surface area contributed by atoms with Crippen molar-refractivity contribution in [1.29, 1.82) is 0 Å². The summed E-state index contributed by atoms with van der Waals surface area (Å²) >= 11 is 0. The maximum atomic E-state index is 5.31. The minimum atomic E-state index is 0.276. The molecule has 0 bridgehead atoms. The highest BCUT2D eigenvalue weighted by molar-refractivity contribution is 5.31. The van der Waals surface area contributed by atoms with Crippen LogP contribution >= 0.6 is 0 Å². The van der Waals surface area contributed by atoms with Crippen molar-refractivity contribution < 1.29 is 4.74 Å². The number of rotatable bonds is 4. The zero-order chi connectivity index (χ0) is 14.7. The van der Waals surface area contributed by atoms with Gasteiger partial charge in [0, 0.05) is 12.2 Å². The Morgan fingerprint density at radius 3 is 3.05 bits per heavy atom. The molecule has 0 fully saturated rings. The fourth-order valence-electron chi connectivity index (χ4n) is 3.08. The monoisotopic (exact) mass is 282 g/mol. The number of aryl methyl sites for hydroxylation is 1. The van der Waals surface area contributed by atoms with Gasteiger partial charge in [0.1, 0.15) is 5.75 Å². The van der Waals surface area contributed by atoms with Crippen LogP contribution in [-0.2, 0) is 6.42 Å². The highest BCUT2D eigenvalue weighted by Crippen LogP contribution is 2.30. The van der Waals surface area contributed by atoms with Crippen molar-refractivity contribution in [2.75, 3.05) is 7.11 Å². The number of hydrogen-bond acceptors (Lipinski definition) is 3. The number of pyridine rings is 1. The van der Waals surface area contributed by atoms with Gasteiger partial charge in [-0.2, -0.15) is 0 Å². The Hall–Kier alpha value is -1.87. The predicted molar refractivity (Wildman–Crippen MR) is 84.5 cm³/mol. The summed E-state index contributed by atoms with van der Waals surface area (Å²) < 4.78 is 5.31. The first-order valence-corrected chi connectivity index (χ1v) is 7.61. The van der Waals surface area contributed by atoms with Gasteiger partial charge in [-0.15, -0.1) is 0 Å². The van der Waals surface area contributed by atoms with Crippen LogP contribution in [0.4, 0.5) is 0 Å². The zero-order valence-corrected chi connectivity index (χ0v) is 12.7. The molecular formula is C18H22N2O. The summed E-state index contributed by atoms with van der Waals surface area (Å²) in [5.74, 6) is 0.906. The molecule has 110 valence electrons. The van der Waals surface area contributed by atoms with Crippen molar-refractivity contribution >= 4 is 0 Å². The van der Waals surface area contributed by atoms with E-state index in [9.17, 15) is 0 Å². The van der Waals surface area contributed by atoms with Gasteiger partial charge in [-0.1, -0.05) is 18.2 Å². The van der Waals surface area contributed by atoms with E-state index in [0.717, 1.165) is 18.6 Å². The number of benzene rings is 1. The highest BCUT2D eigenvalue weighted by atomic mass is 16.5. The molecule has 21 heavy (non-hydrogen) atoms. The minimum absolute atomic E-state index is 0.276. The van der Waals surface area contributed by atoms with E-state index >= 15 is 0 Å². The summed E-state index contributed by atoms with van der Waals surface area (Å²) in [6.07, 6.45) is 5.42. The summed E-state index contributed by atoms with van der Waals surface area (Å²) in [7, 11) is 1.71. The summed E-state index contributed by atoms with van der Waals surface area (Å²) in [6.45, 7) is 2.20. The number of fused-ring (bicyclic) bond motifs is 1. The molecule has 2 aromatic rings. The topological polar surface area (TPSA) is 34.1 Å². The highest BCUT2D eigenvalue weighted by Gasteiger charge is 2.22. The van der Waals surface area contributed by atoms with Crippen LogP contribution in [0.25, 0.3) is 0 Å². The molecule has 2 atom stereocenters. The molecule has 1 aromatic carbocycles. The third-order valence-corrected chi connectivity index (χ3v) is 4.24. The van der Waals surface area contributed by atoms with Crippen LogP contribution in [0.15, 0.2) is 42.6 Å². The molecule has 1 aliphatic rings. The second-order valence-corrected chi connectivity index (χ2v) is 5.66. The molecule has 0 amide bonds. The standard InChI is InChI=1S/C18H22N2O/c1-13(15-7-3-9-16(12-15)21-2)20-17-10-4-6-14-8-5-11-19-18(14)17/h3,5,7-9,11-13,17,20H,4,6,10H2,1-2H3/t13-,17?/m0/s1. The smallest absolute Gasteiger partial charge is 0.119 e. The Balaban J connectivity index is 1.77. The van der Waals surface area contributed by atoms with Gasteiger partial charge >= 0.3 is 0 Å². The number of methoxy groups -OCH3 is 1. The number of aromatic nitrogens is 1. The molecule has 3 heteroatoms. The lowest BCUT2D eigenvalue weighted by Gasteiger charge is -2.28. The van der Waals surface area contributed by atoms with E-state index in [1.807, 2.05) is 24.4 Å². The molecule has 0 radical (unpaired) electrons. The van der Waals surface area contributed by atoms with Crippen LogP contribution < -0.4 is 10.1 Å². The van der Waals surface area contributed by atoms with Crippen molar-refractivity contribution in [2.24, 2.45) is 0 Å². The van der Waals surface area contributed by atoms with Gasteiger partial charge in [0.25, 0.3) is 0 Å². The first kappa shape index (κ1) is 14.1. The second-order valence-electron chi connectivity index (χ2n) is 5.66. The quantitative estimate of drug-likeness (QED) is 0.925. The Labute approximate surface area is 126 Å². The van der Waals surface area contributed by atoms with Gasteiger partial charge in [0.2, 0.25) is 0 Å². The van der Waals surface area contributed by atoms with E-state index in [1.165, 1.54) is 23.2 Å². The van der Waals surface area contributed by atoms with Crippen molar-refractivity contribution in [2.45, 2.75) is 38.3 Å². The minimum Gasteiger partial charge on any atom is -0.497 e. The van der Waals surface area contributed by atoms with Crippen LogP contribution in [0.1, 0.15) is 48.7 Å². The first-order valence-electron chi connectivity index (χ1n) is 7.61. The number of hydrogen-bond donors (Lipinski definition) is 1. The van der Waals surface area contributed by atoms with E-state index in [0.29, 0.717) is 6.04 Å². The maximum Gasteiger partial charge on any atom is 0.119 e. The predicted octanol–water partition coefficient (Wildman–Crippen LogP) is 3.82. The van der Waals surface area contributed by atoms with Crippen molar-refractivity contribution in [1.82, 2.24) is 10.3 Å². The lowest BCUT2D eigenvalue weighted by molar-refractivity contribution is 0.399. The first-order chi connectivity index (χ1) is 10.3. The summed E-state index contributed by atoms with van der Waals surface area (Å²) in [6, 6.07) is 13.1. The van der Waals surface area contributed by atoms with Gasteiger partial charge < -0.3 is 10.1 Å². The van der Waals surface area contributed by atoms with E-state index in [1.54, 1.807) is 7.11 Å². The fraction of sp³-hybridized carbons (Fsp3) is 0.389. The lowest BCUT2D eigenvalue weighted by atomic mass is 9.91. The van der Waals surface area contributed by atoms with Crippen LogP contribution in [0.2, 0.25) is 0 Å². The molecule has 3 nitrogen and oxygen atoms in total. The zero-order valence-electron chi connectivity index (χ0n) is 12.7. The summed E-state index contributed by atoms with van der Waals surface area (Å²) in [5, 5.41) is 3.72. The Kier molecular flexibility index (Phi) is 4.20. The average molecular weight is 282 g/mol. The molecule has 1 heterocycles. The van der Waals surface area contributed by atoms with Crippen LogP contribution in [0, 0.1) is 0 Å². The second kappa shape index (κ2) is 6.27. The fourth-order valence-corrected chi connectivity index (χ4v) is 3.08. The molecule has 0 spiro atoms. The average Bonchev–Trinajstić information content (AvgIpc) is 2.55. The van der Waals surface area contributed by atoms with E-state index < -0.39 is 0 Å². The molecule has 0 saturated heterocycles. The lowest BCUT2D eigenvalue weighted by Crippen LogP contribution is -2.28. The third kappa shape index (κ3) is 3.08. The molecule has 0 saturated carbocycles. The molecule has 1 N–H and O–H groups in total. The SMILES string of the molecule is COc1cccc([C@H](C)NC2CCCc3cccnc32)c1. The van der Waals surface area contributed by atoms with Crippen molar-refractivity contribution in [3.63, 3.8) is 0 Å². The van der Waals surface area contributed by atoms with Gasteiger partial charge in [0.15, 0.2) is 0 Å². The number of nitrogens with one attached hydrogen (secondary N) is 1. The van der Waals surface area contributed by atoms with Gasteiger partial charge in [0.05, 0.1) is 18.8 Å². The molecule has 1 unspecified atom stereocenters. The van der Waals surface area contributed by atoms with E-state index in [-0.39, 0.29) is 6.04 Å². The number of nitrogens with zero attached hydrogens (tertiary/aromatic N) is 1. The largest absolute Gasteiger partial charge is 0.497 e. The number of ether oxygens (including phenoxy) is 1. The molecule has 1 aliphatic carbocycles. The van der Waals surface area contributed by atoms with Crippen LogP contribution in [0.5, 0.6) is 5.75 Å². The maximum absolute atomic E-state index is 5.31. The third-order valence-electron chi connectivity index (χ3n) is 4.24. The molecule has 0 aliphatic heterocycles. The van der Waals surface area contributed by atoms with E-state index in [2.05, 4.69) is 35.4 Å². The van der Waals surface area contributed by atoms with Crippen LogP contribution in [0.3, 0.4) is 0 Å². The Morgan fingerprint density at radius 1 is 1.29 bits per heavy atom. The van der Waals surface area contributed by atoms with Crippen molar-refractivity contribution in [3.05, 3.63) is 59.4 Å².